The number of benzene rings is 2. The van der Waals surface area contributed by atoms with E-state index in [-0.39, 0.29) is 41.8 Å². The largest absolute Gasteiger partial charge is 0.465 e. The number of hydrogen-bond donors (Lipinski definition) is 4. The van der Waals surface area contributed by atoms with Gasteiger partial charge >= 0.3 is 12.2 Å². The average Bonchev–Trinajstić information content (AvgIpc) is 4.05. The van der Waals surface area contributed by atoms with Crippen LogP contribution in [-0.4, -0.2) is 103 Å². The average molecular weight is 765 g/mol. The standard InChI is InChI=1S/C42H52N8O6/c1-25(2)36(48(3)42(54)55)40(52)50-22-6-8-35(50)38-44-24-33(47-38)29-15-11-27(12-16-29)26-9-13-28(14-10-26)32-23-43-37(46-32)34-7-5-21-49(34)39(51)30-17-19-31(20-18-30)45-41(53)56-4/h9-16,23-25,30-31,34-36H,5-8,17-22H2,1-4H3,(H,43,46)(H,44,47)(H,45,53)(H,54,55)/t30?,31?,34-,35-,36-/m0/s1. The summed E-state index contributed by atoms with van der Waals surface area (Å²) in [4.78, 5) is 71.8. The number of likely N-dealkylation sites (tertiary alicyclic amines) is 2. The van der Waals surface area contributed by atoms with Gasteiger partial charge in [0.25, 0.3) is 0 Å². The maximum absolute atomic E-state index is 13.6. The summed E-state index contributed by atoms with van der Waals surface area (Å²) in [6.07, 6.45) is 8.51. The number of carboxylic acid groups (broad SMARTS) is 1. The number of hydrogen-bond acceptors (Lipinski definition) is 7. The SMILES string of the molecule is COC(=O)NC1CCC(C(=O)N2CCC[C@H]2c2ncc(-c3ccc(-c4ccc(-c5cnc([C@@H]6CCCN6C(=O)[C@H](C(C)C)N(C)C(=O)O)[nH]5)cc4)cc3)[nH]2)CC1. The van der Waals surface area contributed by atoms with Crippen LogP contribution < -0.4 is 5.32 Å². The van der Waals surface area contributed by atoms with Crippen molar-refractivity contribution in [2.45, 2.75) is 89.4 Å². The number of methoxy groups -OCH3 is 1. The Morgan fingerprint density at radius 1 is 0.768 bits per heavy atom. The lowest BCUT2D eigenvalue weighted by Gasteiger charge is -2.33. The summed E-state index contributed by atoms with van der Waals surface area (Å²) >= 11 is 0. The fraction of sp³-hybridized carbons (Fsp3) is 0.476. The van der Waals surface area contributed by atoms with Crippen molar-refractivity contribution in [3.63, 3.8) is 0 Å². The van der Waals surface area contributed by atoms with Gasteiger partial charge in [-0.1, -0.05) is 62.4 Å². The van der Waals surface area contributed by atoms with Gasteiger partial charge in [0, 0.05) is 32.1 Å². The number of likely N-dealkylation sites (N-methyl/N-ethyl adjacent to an activating group) is 1. The Morgan fingerprint density at radius 3 is 1.73 bits per heavy atom. The van der Waals surface area contributed by atoms with E-state index in [1.54, 1.807) is 11.1 Å². The van der Waals surface area contributed by atoms with Crippen LogP contribution in [0.4, 0.5) is 9.59 Å². The number of aromatic amines is 2. The summed E-state index contributed by atoms with van der Waals surface area (Å²) in [6.45, 7) is 5.02. The van der Waals surface area contributed by atoms with Crippen molar-refractivity contribution in [2.75, 3.05) is 27.2 Å². The molecule has 4 N–H and O–H groups in total. The van der Waals surface area contributed by atoms with Crippen LogP contribution in [0.3, 0.4) is 0 Å². The molecule has 3 fully saturated rings. The van der Waals surface area contributed by atoms with Gasteiger partial charge in [-0.15, -0.1) is 0 Å². The summed E-state index contributed by atoms with van der Waals surface area (Å²) in [5.74, 6) is 1.29. The maximum atomic E-state index is 13.6. The normalized spacial score (nSPS) is 21.6. The number of amides is 4. The molecule has 4 heterocycles. The molecular weight excluding hydrogens is 713 g/mol. The van der Waals surface area contributed by atoms with Crippen molar-refractivity contribution < 1.29 is 29.0 Å². The smallest absolute Gasteiger partial charge is 0.407 e. The first-order valence-corrected chi connectivity index (χ1v) is 19.7. The Kier molecular flexibility index (Phi) is 11.4. The van der Waals surface area contributed by atoms with Gasteiger partial charge in [-0.3, -0.25) is 14.5 Å². The molecule has 3 aliphatic rings. The second kappa shape index (κ2) is 16.6. The van der Waals surface area contributed by atoms with E-state index in [0.29, 0.717) is 12.4 Å². The van der Waals surface area contributed by atoms with Crippen molar-refractivity contribution in [3.8, 4) is 33.6 Å². The summed E-state index contributed by atoms with van der Waals surface area (Å²) < 4.78 is 4.73. The zero-order chi connectivity index (χ0) is 39.5. The van der Waals surface area contributed by atoms with Crippen LogP contribution >= 0.6 is 0 Å². The topological polar surface area (TPSA) is 177 Å². The molecule has 2 aliphatic heterocycles. The van der Waals surface area contributed by atoms with E-state index in [4.69, 9.17) is 9.72 Å². The molecule has 0 spiro atoms. The Hall–Kier alpha value is -5.66. The number of aromatic nitrogens is 4. The molecule has 4 amide bonds. The third-order valence-electron chi connectivity index (χ3n) is 11.8. The van der Waals surface area contributed by atoms with E-state index in [2.05, 4.69) is 68.8 Å². The minimum Gasteiger partial charge on any atom is -0.465 e. The van der Waals surface area contributed by atoms with E-state index in [1.807, 2.05) is 24.9 Å². The Morgan fingerprint density at radius 2 is 1.25 bits per heavy atom. The van der Waals surface area contributed by atoms with Crippen LogP contribution in [0.1, 0.15) is 88.9 Å². The van der Waals surface area contributed by atoms with Crippen molar-refractivity contribution in [2.24, 2.45) is 11.8 Å². The van der Waals surface area contributed by atoms with Gasteiger partial charge in [0.05, 0.1) is 43.0 Å². The van der Waals surface area contributed by atoms with Crippen LogP contribution in [0.2, 0.25) is 0 Å². The highest BCUT2D eigenvalue weighted by molar-refractivity contribution is 5.86. The molecule has 14 nitrogen and oxygen atoms in total. The number of carbonyl (C=O) groups is 4. The molecular formula is C42H52N8O6. The minimum atomic E-state index is -1.12. The highest BCUT2D eigenvalue weighted by Crippen LogP contribution is 2.37. The first kappa shape index (κ1) is 38.6. The fourth-order valence-corrected chi connectivity index (χ4v) is 8.75. The molecule has 1 aliphatic carbocycles. The van der Waals surface area contributed by atoms with E-state index < -0.39 is 18.2 Å². The van der Waals surface area contributed by atoms with E-state index >= 15 is 0 Å². The molecule has 2 saturated heterocycles. The summed E-state index contributed by atoms with van der Waals surface area (Å²) in [7, 11) is 2.81. The highest BCUT2D eigenvalue weighted by atomic mass is 16.5. The molecule has 1 saturated carbocycles. The number of H-pyrrole nitrogens is 2. The van der Waals surface area contributed by atoms with E-state index in [9.17, 15) is 24.3 Å². The molecule has 3 atom stereocenters. The maximum Gasteiger partial charge on any atom is 0.407 e. The summed E-state index contributed by atoms with van der Waals surface area (Å²) in [5.41, 5.74) is 5.87. The first-order valence-electron chi connectivity index (χ1n) is 19.7. The van der Waals surface area contributed by atoms with E-state index in [1.165, 1.54) is 14.2 Å². The third-order valence-corrected chi connectivity index (χ3v) is 11.8. The molecule has 56 heavy (non-hydrogen) atoms. The number of nitrogens with one attached hydrogen (secondary N) is 3. The number of nitrogens with zero attached hydrogens (tertiary/aromatic N) is 5. The molecule has 0 unspecified atom stereocenters. The quantitative estimate of drug-likeness (QED) is 0.133. The van der Waals surface area contributed by atoms with Crippen molar-refractivity contribution in [3.05, 3.63) is 72.6 Å². The molecule has 296 valence electrons. The number of imidazole rings is 2. The molecule has 0 bridgehead atoms. The number of ether oxygens (including phenoxy) is 1. The summed E-state index contributed by atoms with van der Waals surface area (Å²) in [6, 6.07) is 15.6. The van der Waals surface area contributed by atoms with Gasteiger partial charge < -0.3 is 34.9 Å². The third kappa shape index (κ3) is 8.00. The van der Waals surface area contributed by atoms with Crippen LogP contribution in [0, 0.1) is 11.8 Å². The molecule has 4 aromatic rings. The first-order chi connectivity index (χ1) is 27.0. The number of rotatable bonds is 10. The minimum absolute atomic E-state index is 0.0437. The van der Waals surface area contributed by atoms with Crippen LogP contribution in [0.5, 0.6) is 0 Å². The van der Waals surface area contributed by atoms with Crippen LogP contribution in [-0.2, 0) is 14.3 Å². The van der Waals surface area contributed by atoms with Crippen LogP contribution in [0.15, 0.2) is 60.9 Å². The van der Waals surface area contributed by atoms with Gasteiger partial charge in [-0.25, -0.2) is 19.6 Å². The highest BCUT2D eigenvalue weighted by Gasteiger charge is 2.40. The molecule has 0 radical (unpaired) electrons. The van der Waals surface area contributed by atoms with Gasteiger partial charge in [-0.2, -0.15) is 0 Å². The predicted molar refractivity (Wildman–Crippen MR) is 210 cm³/mol. The fourth-order valence-electron chi connectivity index (χ4n) is 8.75. The monoisotopic (exact) mass is 764 g/mol. The second-order valence-corrected chi connectivity index (χ2v) is 15.7. The predicted octanol–water partition coefficient (Wildman–Crippen LogP) is 7.01. The van der Waals surface area contributed by atoms with Crippen LogP contribution in [0.25, 0.3) is 33.6 Å². The number of carbonyl (C=O) groups excluding carboxylic acids is 3. The lowest BCUT2D eigenvalue weighted by molar-refractivity contribution is -0.139. The zero-order valence-electron chi connectivity index (χ0n) is 32.5. The van der Waals surface area contributed by atoms with Gasteiger partial charge in [-0.05, 0) is 79.5 Å². The van der Waals surface area contributed by atoms with Crippen molar-refractivity contribution in [1.29, 1.82) is 0 Å². The van der Waals surface area contributed by atoms with Crippen molar-refractivity contribution in [1.82, 2.24) is 40.0 Å². The van der Waals surface area contributed by atoms with E-state index in [0.717, 1.165) is 102 Å². The van der Waals surface area contributed by atoms with Gasteiger partial charge in [0.2, 0.25) is 11.8 Å². The van der Waals surface area contributed by atoms with Crippen molar-refractivity contribution >= 4 is 24.0 Å². The molecule has 7 rings (SSSR count). The lowest BCUT2D eigenvalue weighted by Crippen LogP contribution is -2.51. The Balaban J connectivity index is 0.971. The summed E-state index contributed by atoms with van der Waals surface area (Å²) in [5, 5.41) is 12.5. The molecule has 2 aromatic carbocycles. The Bertz CT molecular complexity index is 2020. The zero-order valence-corrected chi connectivity index (χ0v) is 32.5. The second-order valence-electron chi connectivity index (χ2n) is 15.7. The lowest BCUT2D eigenvalue weighted by atomic mass is 9.85. The van der Waals surface area contributed by atoms with Gasteiger partial charge in [0.1, 0.15) is 17.7 Å². The van der Waals surface area contributed by atoms with Gasteiger partial charge in [0.15, 0.2) is 0 Å². The molecule has 2 aromatic heterocycles. The number of alkyl carbamates (subject to hydrolysis) is 1. The Labute approximate surface area is 327 Å². The molecule has 14 heteroatoms.